The Balaban J connectivity index is 1.80. The van der Waals surface area contributed by atoms with Gasteiger partial charge < -0.3 is 20.9 Å². The van der Waals surface area contributed by atoms with Crippen LogP contribution < -0.4 is 20.9 Å². The van der Waals surface area contributed by atoms with Gasteiger partial charge in [0.1, 0.15) is 5.54 Å². The minimum Gasteiger partial charge on any atom is -0.372 e. The van der Waals surface area contributed by atoms with Crippen molar-refractivity contribution in [3.63, 3.8) is 0 Å². The Bertz CT molecular complexity index is 922. The van der Waals surface area contributed by atoms with Crippen molar-refractivity contribution in [3.8, 4) is 0 Å². The zero-order chi connectivity index (χ0) is 23.1. The lowest BCUT2D eigenvalue weighted by molar-refractivity contribution is -0.130. The summed E-state index contributed by atoms with van der Waals surface area (Å²) in [6, 6.07) is 16.3. The fraction of sp³-hybridized carbons (Fsp3) is 0.462. The van der Waals surface area contributed by atoms with Crippen LogP contribution in [0.5, 0.6) is 0 Å². The minimum atomic E-state index is -0.971. The molecule has 32 heavy (non-hydrogen) atoms. The van der Waals surface area contributed by atoms with Crippen molar-refractivity contribution in [2.75, 3.05) is 29.9 Å². The van der Waals surface area contributed by atoms with Gasteiger partial charge in [-0.2, -0.15) is 0 Å². The lowest BCUT2D eigenvalue weighted by Crippen LogP contribution is -2.61. The quantitative estimate of drug-likeness (QED) is 0.562. The topological polar surface area (TPSA) is 73.5 Å². The Kier molecular flexibility index (Phi) is 7.91. The zero-order valence-electron chi connectivity index (χ0n) is 19.7. The highest BCUT2D eigenvalue weighted by Crippen LogP contribution is 2.30. The molecule has 0 spiro atoms. The van der Waals surface area contributed by atoms with Gasteiger partial charge in [-0.1, -0.05) is 38.1 Å². The molecule has 6 nitrogen and oxygen atoms in total. The summed E-state index contributed by atoms with van der Waals surface area (Å²) < 4.78 is 0. The number of carbonyl (C=O) groups is 2. The second-order valence-corrected chi connectivity index (χ2v) is 8.78. The van der Waals surface area contributed by atoms with Crippen LogP contribution in [-0.4, -0.2) is 43.0 Å². The molecule has 3 rings (SSSR count). The molecule has 0 bridgehead atoms. The van der Waals surface area contributed by atoms with E-state index in [9.17, 15) is 9.59 Å². The maximum atomic E-state index is 13.5. The lowest BCUT2D eigenvalue weighted by Gasteiger charge is -2.37. The van der Waals surface area contributed by atoms with Crippen LogP contribution in [0.4, 0.5) is 11.4 Å². The predicted octanol–water partition coefficient (Wildman–Crippen LogP) is 3.51. The van der Waals surface area contributed by atoms with Crippen LogP contribution in [-0.2, 0) is 22.4 Å². The molecule has 2 aromatic carbocycles. The molecular formula is C26H36N4O2. The average Bonchev–Trinajstić information content (AvgIpc) is 2.79. The van der Waals surface area contributed by atoms with E-state index in [4.69, 9.17) is 0 Å². The average molecular weight is 437 g/mol. The molecule has 6 heteroatoms. The van der Waals surface area contributed by atoms with Gasteiger partial charge in [-0.3, -0.25) is 9.59 Å². The van der Waals surface area contributed by atoms with Crippen molar-refractivity contribution < 1.29 is 9.59 Å². The van der Waals surface area contributed by atoms with Crippen LogP contribution in [0, 0.1) is 0 Å². The molecule has 1 aliphatic carbocycles. The lowest BCUT2D eigenvalue weighted by atomic mass is 9.77. The smallest absolute Gasteiger partial charge is 0.250 e. The number of nitrogens with one attached hydrogen (secondary N) is 3. The number of anilines is 2. The molecule has 2 aromatic rings. The van der Waals surface area contributed by atoms with E-state index in [1.807, 2.05) is 56.3 Å². The van der Waals surface area contributed by atoms with Gasteiger partial charge in [-0.05, 0) is 62.1 Å². The molecular weight excluding hydrogens is 400 g/mol. The molecule has 1 atom stereocenters. The predicted molar refractivity (Wildman–Crippen MR) is 131 cm³/mol. The van der Waals surface area contributed by atoms with Crippen molar-refractivity contribution in [2.45, 2.75) is 58.5 Å². The van der Waals surface area contributed by atoms with Crippen molar-refractivity contribution in [1.82, 2.24) is 10.6 Å². The van der Waals surface area contributed by atoms with Crippen LogP contribution in [0.15, 0.2) is 48.5 Å². The molecule has 0 aliphatic heterocycles. The van der Waals surface area contributed by atoms with Gasteiger partial charge in [0.15, 0.2) is 0 Å². The van der Waals surface area contributed by atoms with E-state index in [-0.39, 0.29) is 24.4 Å². The summed E-state index contributed by atoms with van der Waals surface area (Å²) in [5, 5.41) is 9.28. The second kappa shape index (κ2) is 10.6. The number of hydrogen-bond donors (Lipinski definition) is 3. The number of aryl methyl sites for hydroxylation is 1. The van der Waals surface area contributed by atoms with Gasteiger partial charge >= 0.3 is 0 Å². The molecule has 0 saturated carbocycles. The van der Waals surface area contributed by atoms with Gasteiger partial charge in [0.2, 0.25) is 11.8 Å². The molecule has 0 radical (unpaired) electrons. The van der Waals surface area contributed by atoms with Crippen molar-refractivity contribution in [1.29, 1.82) is 0 Å². The van der Waals surface area contributed by atoms with Crippen molar-refractivity contribution in [2.24, 2.45) is 0 Å². The number of fused-ring (bicyclic) bond motifs is 1. The van der Waals surface area contributed by atoms with Gasteiger partial charge in [-0.25, -0.2) is 0 Å². The van der Waals surface area contributed by atoms with Crippen molar-refractivity contribution in [3.05, 3.63) is 59.7 Å². The maximum absolute atomic E-state index is 13.5. The Morgan fingerprint density at radius 2 is 1.66 bits per heavy atom. The summed E-state index contributed by atoms with van der Waals surface area (Å²) in [5.41, 5.74) is 3.25. The first-order chi connectivity index (χ1) is 15.4. The van der Waals surface area contributed by atoms with Gasteiger partial charge in [0.25, 0.3) is 0 Å². The number of benzene rings is 2. The number of rotatable bonds is 9. The van der Waals surface area contributed by atoms with Crippen LogP contribution in [0.2, 0.25) is 0 Å². The Morgan fingerprint density at radius 3 is 2.28 bits per heavy atom. The molecule has 1 unspecified atom stereocenters. The van der Waals surface area contributed by atoms with Gasteiger partial charge in [-0.15, -0.1) is 0 Å². The molecule has 1 aliphatic rings. The van der Waals surface area contributed by atoms with Crippen LogP contribution in [0.3, 0.4) is 0 Å². The van der Waals surface area contributed by atoms with E-state index in [0.29, 0.717) is 12.8 Å². The number of carbonyl (C=O) groups excluding carboxylic acids is 2. The van der Waals surface area contributed by atoms with Gasteiger partial charge in [0.05, 0.1) is 6.54 Å². The van der Waals surface area contributed by atoms with E-state index >= 15 is 0 Å². The third kappa shape index (κ3) is 5.68. The summed E-state index contributed by atoms with van der Waals surface area (Å²) in [5.74, 6) is -0.328. The van der Waals surface area contributed by atoms with E-state index in [0.717, 1.165) is 36.4 Å². The first-order valence-corrected chi connectivity index (χ1v) is 11.6. The first kappa shape index (κ1) is 23.8. The fourth-order valence-electron chi connectivity index (χ4n) is 4.30. The molecule has 2 amide bonds. The van der Waals surface area contributed by atoms with Gasteiger partial charge in [0, 0.05) is 36.9 Å². The highest BCUT2D eigenvalue weighted by Gasteiger charge is 2.42. The molecule has 3 N–H and O–H groups in total. The van der Waals surface area contributed by atoms with Crippen molar-refractivity contribution >= 4 is 23.2 Å². The molecule has 172 valence electrons. The van der Waals surface area contributed by atoms with Crippen LogP contribution in [0.25, 0.3) is 0 Å². The number of hydrogen-bond acceptors (Lipinski definition) is 4. The summed E-state index contributed by atoms with van der Waals surface area (Å²) in [6.07, 6.45) is 1.81. The number of nitrogens with zero attached hydrogens (tertiary/aromatic N) is 1. The molecule has 0 aromatic heterocycles. The minimum absolute atomic E-state index is 0.162. The Hall–Kier alpha value is -2.86. The van der Waals surface area contributed by atoms with E-state index in [1.165, 1.54) is 5.56 Å². The second-order valence-electron chi connectivity index (χ2n) is 8.78. The fourth-order valence-corrected chi connectivity index (χ4v) is 4.30. The highest BCUT2D eigenvalue weighted by molar-refractivity contribution is 6.01. The van der Waals surface area contributed by atoms with E-state index < -0.39 is 5.54 Å². The zero-order valence-corrected chi connectivity index (χ0v) is 19.7. The SMILES string of the molecule is CCN(CC)c1ccc(NC(=O)C2(NC(=O)CNC(C)C)CCc3ccccc3C2)cc1. The maximum Gasteiger partial charge on any atom is 0.250 e. The molecule has 0 heterocycles. The Labute approximate surface area is 191 Å². The largest absolute Gasteiger partial charge is 0.372 e. The third-order valence-electron chi connectivity index (χ3n) is 6.17. The highest BCUT2D eigenvalue weighted by atomic mass is 16.2. The standard InChI is InChI=1S/C26H36N4O2/c1-5-30(6-2)23-13-11-22(12-14-23)28-25(32)26(29-24(31)18-27-19(3)4)16-15-20-9-7-8-10-21(20)17-26/h7-14,19,27H,5-6,15-18H2,1-4H3,(H,28,32)(H,29,31). The summed E-state index contributed by atoms with van der Waals surface area (Å²) >= 11 is 0. The summed E-state index contributed by atoms with van der Waals surface area (Å²) in [7, 11) is 0. The summed E-state index contributed by atoms with van der Waals surface area (Å²) in [6.45, 7) is 10.3. The Morgan fingerprint density at radius 1 is 1.00 bits per heavy atom. The van der Waals surface area contributed by atoms with Crippen LogP contribution in [0.1, 0.15) is 45.2 Å². The molecule has 0 fully saturated rings. The van der Waals surface area contributed by atoms with E-state index in [2.05, 4.69) is 40.8 Å². The van der Waals surface area contributed by atoms with Crippen LogP contribution >= 0.6 is 0 Å². The normalized spacial score (nSPS) is 17.5. The summed E-state index contributed by atoms with van der Waals surface area (Å²) in [4.78, 5) is 28.5. The number of amides is 2. The molecule has 0 saturated heterocycles. The third-order valence-corrected chi connectivity index (χ3v) is 6.17. The monoisotopic (exact) mass is 436 g/mol. The first-order valence-electron chi connectivity index (χ1n) is 11.6. The van der Waals surface area contributed by atoms with E-state index in [1.54, 1.807) is 0 Å².